The number of nitrogens with one attached hydrogen (secondary N) is 1. The fourth-order valence-corrected chi connectivity index (χ4v) is 4.06. The van der Waals surface area contributed by atoms with E-state index in [-0.39, 0.29) is 17.3 Å². The van der Waals surface area contributed by atoms with Gasteiger partial charge in [0.15, 0.2) is 4.34 Å². The van der Waals surface area contributed by atoms with Crippen molar-refractivity contribution in [3.63, 3.8) is 0 Å². The average Bonchev–Trinajstić information content (AvgIpc) is 3.20. The van der Waals surface area contributed by atoms with E-state index >= 15 is 0 Å². The second-order valence-corrected chi connectivity index (χ2v) is 7.56. The van der Waals surface area contributed by atoms with Crippen molar-refractivity contribution in [2.45, 2.75) is 17.0 Å². The van der Waals surface area contributed by atoms with Crippen LogP contribution < -0.4 is 11.3 Å². The van der Waals surface area contributed by atoms with Gasteiger partial charge >= 0.3 is 0 Å². The highest BCUT2D eigenvalue weighted by molar-refractivity contribution is 8.00. The number of aromatic amines is 1. The first-order valence-corrected chi connectivity index (χ1v) is 9.34. The standard InChI is InChI=1S/C16H14N6OS2/c1-9-2-4-10(5-3-9)12-8-25-16(19-12)24-7-11-6-13(23)22-15(18-11)20-14(17)21-22/h2-6,8H,7H2,1H3,(H3,17,18,20,21). The van der Waals surface area contributed by atoms with Gasteiger partial charge in [-0.05, 0) is 6.92 Å². The molecule has 0 amide bonds. The zero-order chi connectivity index (χ0) is 17.4. The number of thioether (sulfide) groups is 1. The summed E-state index contributed by atoms with van der Waals surface area (Å²) >= 11 is 3.12. The number of anilines is 1. The minimum atomic E-state index is -0.232. The number of hydrogen-bond acceptors (Lipinski definition) is 7. The molecule has 0 saturated heterocycles. The fourth-order valence-electron chi connectivity index (χ4n) is 2.33. The average molecular weight is 370 g/mol. The number of nitrogens with two attached hydrogens (primary N) is 1. The van der Waals surface area contributed by atoms with Gasteiger partial charge in [0, 0.05) is 22.8 Å². The normalized spacial score (nSPS) is 11.2. The summed E-state index contributed by atoms with van der Waals surface area (Å²) in [5, 5.41) is 4.68. The molecule has 3 aromatic heterocycles. The van der Waals surface area contributed by atoms with E-state index < -0.39 is 0 Å². The van der Waals surface area contributed by atoms with Crippen LogP contribution in [0.3, 0.4) is 0 Å². The highest BCUT2D eigenvalue weighted by Gasteiger charge is 2.09. The Hall–Kier alpha value is -2.65. The first kappa shape index (κ1) is 15.9. The number of thiazole rings is 1. The van der Waals surface area contributed by atoms with Crippen LogP contribution in [0.1, 0.15) is 11.3 Å². The minimum absolute atomic E-state index is 0.164. The number of aryl methyl sites for hydroxylation is 1. The van der Waals surface area contributed by atoms with Crippen molar-refractivity contribution in [2.75, 3.05) is 5.73 Å². The monoisotopic (exact) mass is 370 g/mol. The van der Waals surface area contributed by atoms with Gasteiger partial charge in [-0.3, -0.25) is 9.89 Å². The summed E-state index contributed by atoms with van der Waals surface area (Å²) in [6.07, 6.45) is 0. The molecule has 4 aromatic rings. The van der Waals surface area contributed by atoms with Crippen LogP contribution in [0.15, 0.2) is 44.8 Å². The van der Waals surface area contributed by atoms with Gasteiger partial charge < -0.3 is 5.73 Å². The zero-order valence-corrected chi connectivity index (χ0v) is 14.9. The summed E-state index contributed by atoms with van der Waals surface area (Å²) in [5.41, 5.74) is 9.25. The number of aromatic nitrogens is 5. The summed E-state index contributed by atoms with van der Waals surface area (Å²) in [5.74, 6) is 0.983. The maximum Gasteiger partial charge on any atom is 0.274 e. The molecule has 25 heavy (non-hydrogen) atoms. The number of H-pyrrole nitrogens is 1. The summed E-state index contributed by atoms with van der Waals surface area (Å²) in [7, 11) is 0. The van der Waals surface area contributed by atoms with Gasteiger partial charge in [0.1, 0.15) is 0 Å². The van der Waals surface area contributed by atoms with E-state index in [2.05, 4.69) is 51.2 Å². The molecule has 0 atom stereocenters. The van der Waals surface area contributed by atoms with Crippen LogP contribution in [0.5, 0.6) is 0 Å². The molecule has 0 bridgehead atoms. The number of nitrogen functional groups attached to an aromatic ring is 1. The van der Waals surface area contributed by atoms with E-state index in [1.807, 2.05) is 5.38 Å². The molecule has 9 heteroatoms. The molecule has 0 fully saturated rings. The topological polar surface area (TPSA) is 102 Å². The molecule has 126 valence electrons. The maximum absolute atomic E-state index is 12.0. The predicted octanol–water partition coefficient (Wildman–Crippen LogP) is 2.72. The lowest BCUT2D eigenvalue weighted by molar-refractivity contribution is 0.891. The molecule has 3 N–H and O–H groups in total. The van der Waals surface area contributed by atoms with Crippen LogP contribution in [-0.4, -0.2) is 24.6 Å². The van der Waals surface area contributed by atoms with Gasteiger partial charge in [0.2, 0.25) is 5.95 Å². The zero-order valence-electron chi connectivity index (χ0n) is 13.3. The van der Waals surface area contributed by atoms with E-state index in [0.29, 0.717) is 11.4 Å². The molecule has 0 unspecified atom stereocenters. The lowest BCUT2D eigenvalue weighted by Crippen LogP contribution is -2.15. The lowest BCUT2D eigenvalue weighted by atomic mass is 10.1. The van der Waals surface area contributed by atoms with Gasteiger partial charge in [0.25, 0.3) is 11.3 Å². The fraction of sp³-hybridized carbons (Fsp3) is 0.125. The maximum atomic E-state index is 12.0. The Bertz CT molecular complexity index is 1100. The van der Waals surface area contributed by atoms with Gasteiger partial charge in [-0.2, -0.15) is 9.50 Å². The van der Waals surface area contributed by atoms with E-state index in [0.717, 1.165) is 15.6 Å². The van der Waals surface area contributed by atoms with E-state index in [1.54, 1.807) is 23.1 Å². The van der Waals surface area contributed by atoms with Gasteiger partial charge in [-0.1, -0.05) is 41.6 Å². The largest absolute Gasteiger partial charge is 0.368 e. The van der Waals surface area contributed by atoms with Crippen LogP contribution in [0.2, 0.25) is 0 Å². The van der Waals surface area contributed by atoms with Crippen molar-refractivity contribution >= 4 is 34.8 Å². The Morgan fingerprint density at radius 1 is 1.24 bits per heavy atom. The van der Waals surface area contributed by atoms with Gasteiger partial charge in [0.05, 0.1) is 11.4 Å². The molecule has 0 spiro atoms. The summed E-state index contributed by atoms with van der Waals surface area (Å²) in [6, 6.07) is 9.76. The van der Waals surface area contributed by atoms with Crippen LogP contribution >= 0.6 is 23.1 Å². The van der Waals surface area contributed by atoms with Crippen LogP contribution in [-0.2, 0) is 5.75 Å². The summed E-state index contributed by atoms with van der Waals surface area (Å²) in [6.45, 7) is 2.06. The Labute approximate surface area is 151 Å². The molecule has 4 rings (SSSR count). The third-order valence-electron chi connectivity index (χ3n) is 3.57. The van der Waals surface area contributed by atoms with Crippen molar-refractivity contribution in [1.82, 2.24) is 24.6 Å². The number of hydrogen-bond donors (Lipinski definition) is 2. The molecule has 0 aliphatic carbocycles. The molecular weight excluding hydrogens is 356 g/mol. The van der Waals surface area contributed by atoms with E-state index in [4.69, 9.17) is 5.73 Å². The molecule has 7 nitrogen and oxygen atoms in total. The van der Waals surface area contributed by atoms with Crippen molar-refractivity contribution in [2.24, 2.45) is 0 Å². The number of rotatable bonds is 4. The number of benzene rings is 1. The quantitative estimate of drug-likeness (QED) is 0.536. The molecule has 3 heterocycles. The number of fused-ring (bicyclic) bond motifs is 1. The minimum Gasteiger partial charge on any atom is -0.368 e. The van der Waals surface area contributed by atoms with E-state index in [1.165, 1.54) is 16.1 Å². The van der Waals surface area contributed by atoms with Crippen LogP contribution in [0.4, 0.5) is 5.95 Å². The van der Waals surface area contributed by atoms with Crippen molar-refractivity contribution < 1.29 is 0 Å². The van der Waals surface area contributed by atoms with Gasteiger partial charge in [-0.15, -0.1) is 11.3 Å². The molecular formula is C16H14N6OS2. The highest BCUT2D eigenvalue weighted by atomic mass is 32.2. The molecule has 1 aromatic carbocycles. The molecule has 0 saturated carbocycles. The van der Waals surface area contributed by atoms with Crippen LogP contribution in [0, 0.1) is 6.92 Å². The summed E-state index contributed by atoms with van der Waals surface area (Å²) in [4.78, 5) is 25.0. The molecule has 0 aliphatic rings. The van der Waals surface area contributed by atoms with Crippen LogP contribution in [0.25, 0.3) is 17.0 Å². The third kappa shape index (κ3) is 3.28. The second kappa shape index (κ2) is 6.34. The SMILES string of the molecule is Cc1ccc(-c2csc(SCc3cc(=O)n4[nH]c(N)nc4n3)n2)cc1. The first-order chi connectivity index (χ1) is 12.1. The first-order valence-electron chi connectivity index (χ1n) is 7.48. The van der Waals surface area contributed by atoms with E-state index in [9.17, 15) is 4.79 Å². The lowest BCUT2D eigenvalue weighted by Gasteiger charge is -1.99. The highest BCUT2D eigenvalue weighted by Crippen LogP contribution is 2.30. The predicted molar refractivity (Wildman–Crippen MR) is 99.9 cm³/mol. The molecule has 0 radical (unpaired) electrons. The Morgan fingerprint density at radius 2 is 2.04 bits per heavy atom. The van der Waals surface area contributed by atoms with Crippen molar-refractivity contribution in [1.29, 1.82) is 0 Å². The number of nitrogens with zero attached hydrogens (tertiary/aromatic N) is 4. The van der Waals surface area contributed by atoms with Gasteiger partial charge in [-0.25, -0.2) is 9.97 Å². The van der Waals surface area contributed by atoms with Crippen molar-refractivity contribution in [3.8, 4) is 11.3 Å². The Balaban J connectivity index is 1.52. The van der Waals surface area contributed by atoms with Crippen molar-refractivity contribution in [3.05, 3.63) is 57.3 Å². The second-order valence-electron chi connectivity index (χ2n) is 5.48. The Kier molecular flexibility index (Phi) is 4.02. The summed E-state index contributed by atoms with van der Waals surface area (Å²) < 4.78 is 2.15. The molecule has 0 aliphatic heterocycles. The smallest absolute Gasteiger partial charge is 0.274 e. The Morgan fingerprint density at radius 3 is 2.84 bits per heavy atom. The third-order valence-corrected chi connectivity index (χ3v) is 5.63.